The molecule has 5 heterocycles. The lowest BCUT2D eigenvalue weighted by Gasteiger charge is -2.49. The van der Waals surface area contributed by atoms with E-state index in [2.05, 4.69) is 30.6 Å². The van der Waals surface area contributed by atoms with Gasteiger partial charge in [0.25, 0.3) is 11.8 Å². The van der Waals surface area contributed by atoms with Gasteiger partial charge in [-0.15, -0.1) is 33.3 Å². The van der Waals surface area contributed by atoms with Crippen molar-refractivity contribution in [1.82, 2.24) is 34.9 Å². The molecule has 2 aliphatic heterocycles. The van der Waals surface area contributed by atoms with E-state index in [0.717, 1.165) is 16.9 Å². The van der Waals surface area contributed by atoms with E-state index in [0.29, 0.717) is 22.3 Å². The fourth-order valence-corrected chi connectivity index (χ4v) is 6.98. The number of nitrogen functional groups attached to an aromatic ring is 1. The topological polar surface area (TPSA) is 191 Å². The molecule has 1 saturated heterocycles. The number of nitrogens with one attached hydrogen (secondary N) is 1. The maximum absolute atomic E-state index is 13.1. The number of β-lactam (4-membered cyclic amide) rings is 1. The van der Waals surface area contributed by atoms with Crippen molar-refractivity contribution in [2.24, 2.45) is 12.2 Å². The van der Waals surface area contributed by atoms with Crippen LogP contribution in [-0.2, 0) is 26.3 Å². The standard InChI is InChI=1S/C22H21N9O5S3/c1-30-16(10-4-3-5-24-6-10)27-28-22(30)39-8-11-7-37-19-14(18(33)31(19)15(11)20(34)35)26-17(32)13(29-36-2)12-9-38-21(23)25-12/h3-6,9,14,19H,7-8H2,1-2H3,(H2,23,25)(H,26,32)(H,34,35)/b29-13-/t14-,19?/m1/s1. The Kier molecular flexibility index (Phi) is 7.53. The smallest absolute Gasteiger partial charge is 0.352 e. The second-order valence-electron chi connectivity index (χ2n) is 8.21. The van der Waals surface area contributed by atoms with Crippen LogP contribution in [0, 0.1) is 0 Å². The van der Waals surface area contributed by atoms with Gasteiger partial charge in [0, 0.05) is 41.9 Å². The van der Waals surface area contributed by atoms with Crippen LogP contribution in [0.1, 0.15) is 5.69 Å². The Morgan fingerprint density at radius 2 is 2.21 bits per heavy atom. The van der Waals surface area contributed by atoms with E-state index in [4.69, 9.17) is 10.6 Å². The summed E-state index contributed by atoms with van der Waals surface area (Å²) >= 11 is 3.81. The van der Waals surface area contributed by atoms with Gasteiger partial charge in [-0.2, -0.15) is 0 Å². The number of carboxylic acids is 1. The number of carbonyl (C=O) groups excluding carboxylic acids is 2. The molecular weight excluding hydrogens is 567 g/mol. The van der Waals surface area contributed by atoms with Crippen molar-refractivity contribution < 1.29 is 24.3 Å². The number of amides is 2. The fraction of sp³-hybridized carbons (Fsp3) is 0.273. The number of thioether (sulfide) groups is 2. The second-order valence-corrected chi connectivity index (χ2v) is 11.1. The first kappa shape index (κ1) is 26.6. The van der Waals surface area contributed by atoms with Gasteiger partial charge in [-0.1, -0.05) is 16.9 Å². The number of nitrogens with two attached hydrogens (primary N) is 1. The Hall–Kier alpha value is -3.96. The Balaban J connectivity index is 1.30. The molecule has 17 heteroatoms. The van der Waals surface area contributed by atoms with Crippen LogP contribution in [0.5, 0.6) is 0 Å². The summed E-state index contributed by atoms with van der Waals surface area (Å²) in [6, 6.07) is 2.73. The molecule has 2 aliphatic rings. The molecule has 1 fully saturated rings. The van der Waals surface area contributed by atoms with Crippen LogP contribution in [0.2, 0.25) is 0 Å². The van der Waals surface area contributed by atoms with Crippen LogP contribution in [0.4, 0.5) is 5.13 Å². The minimum Gasteiger partial charge on any atom is -0.477 e. The lowest BCUT2D eigenvalue weighted by molar-refractivity contribution is -0.150. The maximum Gasteiger partial charge on any atom is 0.352 e. The summed E-state index contributed by atoms with van der Waals surface area (Å²) < 4.78 is 1.80. The van der Waals surface area contributed by atoms with Crippen molar-refractivity contribution in [2.75, 3.05) is 24.3 Å². The van der Waals surface area contributed by atoms with Crippen molar-refractivity contribution in [2.45, 2.75) is 16.6 Å². The molecule has 0 radical (unpaired) electrons. The summed E-state index contributed by atoms with van der Waals surface area (Å²) in [6.07, 6.45) is 3.35. The molecule has 202 valence electrons. The zero-order valence-corrected chi connectivity index (χ0v) is 22.9. The van der Waals surface area contributed by atoms with E-state index in [-0.39, 0.29) is 28.0 Å². The molecule has 1 unspecified atom stereocenters. The zero-order valence-electron chi connectivity index (χ0n) is 20.5. The minimum absolute atomic E-state index is 0.0885. The number of rotatable bonds is 9. The summed E-state index contributed by atoms with van der Waals surface area (Å²) in [4.78, 5) is 52.3. The van der Waals surface area contributed by atoms with Gasteiger partial charge in [-0.05, 0) is 17.7 Å². The molecule has 2 amide bonds. The van der Waals surface area contributed by atoms with Gasteiger partial charge in [-0.3, -0.25) is 19.5 Å². The Labute approximate surface area is 233 Å². The van der Waals surface area contributed by atoms with Gasteiger partial charge in [0.05, 0.1) is 0 Å². The molecule has 2 atom stereocenters. The Bertz CT molecular complexity index is 1500. The van der Waals surface area contributed by atoms with Crippen LogP contribution in [0.25, 0.3) is 11.4 Å². The normalized spacial score (nSPS) is 19.0. The number of aromatic nitrogens is 5. The third-order valence-electron chi connectivity index (χ3n) is 5.83. The van der Waals surface area contributed by atoms with Crippen LogP contribution in [-0.4, -0.2) is 88.3 Å². The highest BCUT2D eigenvalue weighted by Gasteiger charge is 2.54. The van der Waals surface area contributed by atoms with Gasteiger partial charge in [-0.25, -0.2) is 9.78 Å². The summed E-state index contributed by atoms with van der Waals surface area (Å²) in [6.45, 7) is 0. The van der Waals surface area contributed by atoms with E-state index in [9.17, 15) is 19.5 Å². The number of anilines is 1. The molecule has 0 bridgehead atoms. The monoisotopic (exact) mass is 587 g/mol. The van der Waals surface area contributed by atoms with Crippen molar-refractivity contribution in [3.63, 3.8) is 0 Å². The number of nitrogens with zero attached hydrogens (tertiary/aromatic N) is 7. The number of carbonyl (C=O) groups is 3. The first-order valence-electron chi connectivity index (χ1n) is 11.3. The van der Waals surface area contributed by atoms with E-state index in [1.165, 1.54) is 35.5 Å². The highest BCUT2D eigenvalue weighted by Crippen LogP contribution is 2.41. The average Bonchev–Trinajstić information content (AvgIpc) is 3.53. The average molecular weight is 588 g/mol. The summed E-state index contributed by atoms with van der Waals surface area (Å²) in [5, 5.41) is 26.6. The molecule has 0 saturated carbocycles. The molecule has 5 rings (SSSR count). The van der Waals surface area contributed by atoms with Gasteiger partial charge in [0.2, 0.25) is 0 Å². The molecule has 3 aromatic rings. The number of pyridine rings is 1. The largest absolute Gasteiger partial charge is 0.477 e. The van der Waals surface area contributed by atoms with E-state index in [1.807, 2.05) is 13.1 Å². The van der Waals surface area contributed by atoms with Crippen LogP contribution in [0.15, 0.2) is 51.5 Å². The van der Waals surface area contributed by atoms with Gasteiger partial charge in [0.15, 0.2) is 21.8 Å². The van der Waals surface area contributed by atoms with Crippen molar-refractivity contribution in [3.8, 4) is 11.4 Å². The predicted molar refractivity (Wildman–Crippen MR) is 145 cm³/mol. The molecule has 0 spiro atoms. The summed E-state index contributed by atoms with van der Waals surface area (Å²) in [7, 11) is 3.09. The number of aliphatic carboxylic acids is 1. The number of hydrogen-bond acceptors (Lipinski definition) is 13. The lowest BCUT2D eigenvalue weighted by atomic mass is 10.0. The maximum atomic E-state index is 13.1. The highest BCUT2D eigenvalue weighted by atomic mass is 32.2. The third-order valence-corrected chi connectivity index (χ3v) is 8.95. The summed E-state index contributed by atoms with van der Waals surface area (Å²) in [5.74, 6) is -1.17. The first-order chi connectivity index (χ1) is 18.8. The van der Waals surface area contributed by atoms with Gasteiger partial charge < -0.3 is 25.6 Å². The Morgan fingerprint density at radius 3 is 2.87 bits per heavy atom. The third kappa shape index (κ3) is 5.07. The molecule has 0 aromatic carbocycles. The second kappa shape index (κ2) is 11.0. The van der Waals surface area contributed by atoms with Crippen molar-refractivity contribution >= 4 is 63.5 Å². The van der Waals surface area contributed by atoms with E-state index in [1.54, 1.807) is 28.4 Å². The number of fused-ring (bicyclic) bond motifs is 1. The quantitative estimate of drug-likeness (QED) is 0.138. The van der Waals surface area contributed by atoms with E-state index < -0.39 is 29.2 Å². The molecule has 3 aromatic heterocycles. The first-order valence-corrected chi connectivity index (χ1v) is 14.2. The number of thiazole rings is 1. The highest BCUT2D eigenvalue weighted by molar-refractivity contribution is 8.01. The summed E-state index contributed by atoms with van der Waals surface area (Å²) in [5.41, 5.74) is 7.00. The number of carboxylic acid groups (broad SMARTS) is 1. The predicted octanol–water partition coefficient (Wildman–Crippen LogP) is 0.797. The van der Waals surface area contributed by atoms with E-state index >= 15 is 0 Å². The molecule has 39 heavy (non-hydrogen) atoms. The SMILES string of the molecule is CO/N=C(\C(=O)N[C@@H]1C(=O)N2C(C(=O)O)=C(CSc3nnc(-c4cccnc4)n3C)CSC12)c1csc(N)n1. The van der Waals surface area contributed by atoms with Gasteiger partial charge in [0.1, 0.15) is 29.9 Å². The molecule has 14 nitrogen and oxygen atoms in total. The number of oxime groups is 1. The van der Waals surface area contributed by atoms with Crippen molar-refractivity contribution in [1.29, 1.82) is 0 Å². The fourth-order valence-electron chi connectivity index (χ4n) is 4.03. The minimum atomic E-state index is -1.22. The molecule has 4 N–H and O–H groups in total. The van der Waals surface area contributed by atoms with Crippen LogP contribution >= 0.6 is 34.9 Å². The van der Waals surface area contributed by atoms with Crippen LogP contribution in [0.3, 0.4) is 0 Å². The van der Waals surface area contributed by atoms with Crippen molar-refractivity contribution in [3.05, 3.63) is 46.9 Å². The Morgan fingerprint density at radius 1 is 1.38 bits per heavy atom. The van der Waals surface area contributed by atoms with Crippen LogP contribution < -0.4 is 11.1 Å². The molecule has 0 aliphatic carbocycles. The zero-order chi connectivity index (χ0) is 27.7. The lowest BCUT2D eigenvalue weighted by Crippen LogP contribution is -2.71. The molecular formula is C22H21N9O5S3. The number of hydrogen-bond donors (Lipinski definition) is 3. The van der Waals surface area contributed by atoms with Gasteiger partial charge >= 0.3 is 5.97 Å².